The van der Waals surface area contributed by atoms with Gasteiger partial charge >= 0.3 is 18.6 Å². The van der Waals surface area contributed by atoms with Crippen molar-refractivity contribution in [1.82, 2.24) is 14.8 Å². The number of aliphatic imine (C=N–C) groups is 1. The summed E-state index contributed by atoms with van der Waals surface area (Å²) in [6, 6.07) is 10.2. The van der Waals surface area contributed by atoms with Crippen molar-refractivity contribution in [1.29, 1.82) is 0 Å². The molecule has 0 saturated carbocycles. The van der Waals surface area contributed by atoms with Crippen LogP contribution in [-0.2, 0) is 11.0 Å². The Kier molecular flexibility index (Phi) is 8.50. The second-order valence-electron chi connectivity index (χ2n) is 9.20. The van der Waals surface area contributed by atoms with Crippen LogP contribution in [0, 0.1) is 12.7 Å². The van der Waals surface area contributed by atoms with Gasteiger partial charge in [-0.1, -0.05) is 29.4 Å². The van der Waals surface area contributed by atoms with Crippen molar-refractivity contribution in [2.24, 2.45) is 4.99 Å². The molecule has 2 heterocycles. The molecule has 18 heteroatoms. The number of aromatic nitrogens is 3. The highest BCUT2D eigenvalue weighted by Gasteiger charge is 2.43. The minimum atomic E-state index is -4.85. The van der Waals surface area contributed by atoms with Crippen molar-refractivity contribution in [2.45, 2.75) is 24.2 Å². The lowest BCUT2D eigenvalue weighted by Crippen LogP contribution is -2.33. The molecule has 1 atom stereocenters. The molecule has 0 radical (unpaired) electrons. The Hall–Kier alpha value is -4.64. The molecular weight excluding hydrogens is 657 g/mol. The van der Waals surface area contributed by atoms with Gasteiger partial charge in [0, 0.05) is 5.56 Å². The number of nitrogens with zero attached hydrogens (tertiary/aromatic N) is 5. The topological polar surface area (TPSA) is 102 Å². The molecule has 0 aliphatic carbocycles. The molecule has 1 fully saturated rings. The van der Waals surface area contributed by atoms with E-state index in [1.807, 2.05) is 0 Å². The molecule has 1 aromatic heterocycles. The standard InChI is InChI=1S/C27H16ClF7N6O3S/c1-13-2-8-17(26(30,31)32)20(10-13)41-23(42)21(28)45-25(41)38-24(43)37-19-9-3-14(11-18(19)29)22-36-12-40(39-22)15-4-6-16(7-5-15)44-27(33,34)35/h2-12,21H,1H3,(H,37,43). The number of amidine groups is 1. The number of halogens is 8. The number of urea groups is 1. The summed E-state index contributed by atoms with van der Waals surface area (Å²) >= 11 is 6.52. The fourth-order valence-electron chi connectivity index (χ4n) is 4.06. The Morgan fingerprint density at radius 2 is 1.76 bits per heavy atom. The van der Waals surface area contributed by atoms with Gasteiger partial charge < -0.3 is 10.1 Å². The van der Waals surface area contributed by atoms with Gasteiger partial charge in [0.05, 0.1) is 22.6 Å². The van der Waals surface area contributed by atoms with Crippen LogP contribution in [0.4, 0.5) is 46.9 Å². The van der Waals surface area contributed by atoms with Crippen LogP contribution in [0.25, 0.3) is 17.1 Å². The van der Waals surface area contributed by atoms with E-state index in [0.29, 0.717) is 27.9 Å². The number of rotatable bonds is 5. The van der Waals surface area contributed by atoms with Gasteiger partial charge in [0.25, 0.3) is 5.91 Å². The van der Waals surface area contributed by atoms with Crippen LogP contribution in [0.1, 0.15) is 11.1 Å². The minimum Gasteiger partial charge on any atom is -0.406 e. The molecule has 1 saturated heterocycles. The normalized spacial score (nSPS) is 16.4. The maximum absolute atomic E-state index is 15.0. The molecule has 0 spiro atoms. The van der Waals surface area contributed by atoms with Gasteiger partial charge in [0.2, 0.25) is 0 Å². The predicted octanol–water partition coefficient (Wildman–Crippen LogP) is 7.53. The molecule has 234 valence electrons. The van der Waals surface area contributed by atoms with Gasteiger partial charge in [-0.2, -0.15) is 18.2 Å². The van der Waals surface area contributed by atoms with Crippen LogP contribution in [0.3, 0.4) is 0 Å². The Morgan fingerprint density at radius 3 is 2.40 bits per heavy atom. The highest BCUT2D eigenvalue weighted by Crippen LogP contribution is 2.42. The number of carbonyl (C=O) groups is 2. The first kappa shape index (κ1) is 31.8. The van der Waals surface area contributed by atoms with Crippen molar-refractivity contribution in [3.8, 4) is 22.8 Å². The maximum atomic E-state index is 15.0. The largest absolute Gasteiger partial charge is 0.573 e. The molecule has 3 aromatic carbocycles. The van der Waals surface area contributed by atoms with E-state index < -0.39 is 57.2 Å². The maximum Gasteiger partial charge on any atom is 0.573 e. The number of hydrogen-bond acceptors (Lipinski definition) is 6. The third-order valence-electron chi connectivity index (χ3n) is 6.01. The van der Waals surface area contributed by atoms with Crippen LogP contribution in [-0.4, -0.2) is 42.9 Å². The molecule has 3 amide bonds. The predicted molar refractivity (Wildman–Crippen MR) is 151 cm³/mol. The van der Waals surface area contributed by atoms with E-state index >= 15 is 0 Å². The lowest BCUT2D eigenvalue weighted by molar-refractivity contribution is -0.274. The average molecular weight is 673 g/mol. The summed E-state index contributed by atoms with van der Waals surface area (Å²) in [5.74, 6) is -2.31. The van der Waals surface area contributed by atoms with E-state index in [4.69, 9.17) is 11.6 Å². The van der Waals surface area contributed by atoms with E-state index in [1.165, 1.54) is 42.2 Å². The summed E-state index contributed by atoms with van der Waals surface area (Å²) in [5.41, 5.74) is -1.18. The zero-order valence-electron chi connectivity index (χ0n) is 22.3. The van der Waals surface area contributed by atoms with Crippen molar-refractivity contribution in [3.05, 3.63) is 83.9 Å². The smallest absolute Gasteiger partial charge is 0.406 e. The third-order valence-corrected chi connectivity index (χ3v) is 7.35. The van der Waals surface area contributed by atoms with Crippen molar-refractivity contribution < 1.29 is 45.1 Å². The molecule has 45 heavy (non-hydrogen) atoms. The molecule has 1 aliphatic heterocycles. The lowest BCUT2D eigenvalue weighted by atomic mass is 10.1. The zero-order valence-corrected chi connectivity index (χ0v) is 23.9. The van der Waals surface area contributed by atoms with E-state index in [-0.39, 0.29) is 17.1 Å². The quantitative estimate of drug-likeness (QED) is 0.174. The van der Waals surface area contributed by atoms with E-state index in [9.17, 15) is 40.3 Å². The Balaban J connectivity index is 1.34. The number of aryl methyl sites for hydroxylation is 1. The SMILES string of the molecule is Cc1ccc(C(F)(F)F)c(N2C(=O)C(Cl)SC2=NC(=O)Nc2ccc(-c3ncn(-c4ccc(OC(F)(F)F)cc4)n3)cc2F)c1. The van der Waals surface area contributed by atoms with Crippen molar-refractivity contribution >= 4 is 51.8 Å². The molecule has 0 bridgehead atoms. The van der Waals surface area contributed by atoms with Crippen molar-refractivity contribution in [2.75, 3.05) is 10.2 Å². The van der Waals surface area contributed by atoms with Gasteiger partial charge in [-0.05, 0) is 67.1 Å². The first-order valence-electron chi connectivity index (χ1n) is 12.4. The van der Waals surface area contributed by atoms with Gasteiger partial charge in [-0.15, -0.1) is 18.3 Å². The Morgan fingerprint density at radius 1 is 1.04 bits per heavy atom. The lowest BCUT2D eigenvalue weighted by Gasteiger charge is -2.21. The number of ether oxygens (including phenoxy) is 1. The number of hydrogen-bond donors (Lipinski definition) is 1. The van der Waals surface area contributed by atoms with Gasteiger partial charge in [0.15, 0.2) is 15.7 Å². The van der Waals surface area contributed by atoms with Gasteiger partial charge in [-0.25, -0.2) is 18.9 Å². The van der Waals surface area contributed by atoms with Crippen molar-refractivity contribution in [3.63, 3.8) is 0 Å². The van der Waals surface area contributed by atoms with Crippen LogP contribution in [0.15, 0.2) is 72.0 Å². The monoisotopic (exact) mass is 672 g/mol. The van der Waals surface area contributed by atoms with Crippen LogP contribution >= 0.6 is 23.4 Å². The Bertz CT molecular complexity index is 1810. The number of amides is 3. The zero-order chi connectivity index (χ0) is 32.7. The van der Waals surface area contributed by atoms with Crippen LogP contribution in [0.2, 0.25) is 0 Å². The summed E-state index contributed by atoms with van der Waals surface area (Å²) in [6.07, 6.45) is -8.44. The number of alkyl halides is 7. The highest BCUT2D eigenvalue weighted by atomic mass is 35.5. The number of carbonyl (C=O) groups excluding carboxylic acids is 2. The molecule has 1 unspecified atom stereocenters. The number of benzene rings is 3. The fourth-order valence-corrected chi connectivity index (χ4v) is 5.22. The summed E-state index contributed by atoms with van der Waals surface area (Å²) < 4.78 is 96.9. The highest BCUT2D eigenvalue weighted by molar-refractivity contribution is 8.17. The summed E-state index contributed by atoms with van der Waals surface area (Å²) in [4.78, 5) is 33.7. The van der Waals surface area contributed by atoms with E-state index in [1.54, 1.807) is 0 Å². The molecule has 4 aromatic rings. The number of nitrogens with one attached hydrogen (secondary N) is 1. The fraction of sp³-hybridized carbons (Fsp3) is 0.148. The van der Waals surface area contributed by atoms with E-state index in [2.05, 4.69) is 25.1 Å². The summed E-state index contributed by atoms with van der Waals surface area (Å²) in [7, 11) is 0. The van der Waals surface area contributed by atoms with E-state index in [0.717, 1.165) is 36.4 Å². The van der Waals surface area contributed by atoms with Crippen LogP contribution in [0.5, 0.6) is 5.75 Å². The first-order valence-corrected chi connectivity index (χ1v) is 13.7. The summed E-state index contributed by atoms with van der Waals surface area (Å²) in [6.45, 7) is 1.51. The van der Waals surface area contributed by atoms with Gasteiger partial charge in [-0.3, -0.25) is 9.69 Å². The number of thioether (sulfide) groups is 1. The molecular formula is C27H16ClF7N6O3S. The summed E-state index contributed by atoms with van der Waals surface area (Å²) in [5, 5.41) is 5.89. The number of anilines is 2. The molecule has 5 rings (SSSR count). The van der Waals surface area contributed by atoms with Crippen LogP contribution < -0.4 is 15.0 Å². The molecule has 1 N–H and O–H groups in total. The first-order chi connectivity index (χ1) is 21.1. The third kappa shape index (κ3) is 7.20. The second kappa shape index (κ2) is 12.0. The minimum absolute atomic E-state index is 0.0333. The molecule has 1 aliphatic rings. The second-order valence-corrected chi connectivity index (χ2v) is 11.0. The average Bonchev–Trinajstić information content (AvgIpc) is 3.53. The van der Waals surface area contributed by atoms with Gasteiger partial charge in [0.1, 0.15) is 17.9 Å². The molecule has 9 nitrogen and oxygen atoms in total. The Labute approximate surface area is 257 Å².